The molecule has 0 fully saturated rings. The zero-order valence-corrected chi connectivity index (χ0v) is 10.1. The summed E-state index contributed by atoms with van der Waals surface area (Å²) in [7, 11) is -2.26. The van der Waals surface area contributed by atoms with Gasteiger partial charge in [-0.15, -0.1) is 0 Å². The highest BCUT2D eigenvalue weighted by Gasteiger charge is 2.15. The van der Waals surface area contributed by atoms with Crippen molar-refractivity contribution in [3.8, 4) is 0 Å². The van der Waals surface area contributed by atoms with Crippen LogP contribution in [0.25, 0.3) is 0 Å². The number of hydrogen-bond donors (Lipinski definition) is 2. The van der Waals surface area contributed by atoms with Crippen molar-refractivity contribution in [1.29, 1.82) is 0 Å². The molecule has 1 heterocycles. The molecule has 1 rings (SSSR count). The third-order valence-corrected chi connectivity index (χ3v) is 2.82. The highest BCUT2D eigenvalue weighted by atomic mass is 32.2. The largest absolute Gasteiger partial charge is 0.461 e. The molecule has 1 aromatic rings. The minimum atomic E-state index is -3.80. The molecule has 0 bridgehead atoms. The SMILES string of the molecule is COCCCOC(=O)c1cc(S(N)(=O)=O)c[nH]1. The second-order valence-corrected chi connectivity index (χ2v) is 4.84. The molecule has 3 N–H and O–H groups in total. The van der Waals surface area contributed by atoms with Gasteiger partial charge in [0.05, 0.1) is 6.61 Å². The Morgan fingerprint density at radius 3 is 2.71 bits per heavy atom. The van der Waals surface area contributed by atoms with Crippen molar-refractivity contribution in [3.05, 3.63) is 18.0 Å². The van der Waals surface area contributed by atoms with Crippen molar-refractivity contribution in [2.75, 3.05) is 20.3 Å². The highest BCUT2D eigenvalue weighted by Crippen LogP contribution is 2.09. The van der Waals surface area contributed by atoms with E-state index in [4.69, 9.17) is 14.6 Å². The number of sulfonamides is 1. The van der Waals surface area contributed by atoms with Crippen LogP contribution in [0.15, 0.2) is 17.2 Å². The number of primary sulfonamides is 1. The number of ether oxygens (including phenoxy) is 2. The molecule has 17 heavy (non-hydrogen) atoms. The minimum Gasteiger partial charge on any atom is -0.461 e. The summed E-state index contributed by atoms with van der Waals surface area (Å²) in [5.74, 6) is -0.629. The summed E-state index contributed by atoms with van der Waals surface area (Å²) in [6, 6.07) is 1.13. The van der Waals surface area contributed by atoms with Crippen LogP contribution in [0.4, 0.5) is 0 Å². The number of aromatic amines is 1. The Labute approximate surface area is 99.0 Å². The molecule has 0 atom stereocenters. The molecule has 1 aromatic heterocycles. The number of esters is 1. The molecule has 0 radical (unpaired) electrons. The number of hydrogen-bond acceptors (Lipinski definition) is 5. The van der Waals surface area contributed by atoms with Crippen LogP contribution in [-0.4, -0.2) is 39.7 Å². The lowest BCUT2D eigenvalue weighted by molar-refractivity contribution is 0.0462. The van der Waals surface area contributed by atoms with E-state index in [-0.39, 0.29) is 17.2 Å². The van der Waals surface area contributed by atoms with E-state index >= 15 is 0 Å². The monoisotopic (exact) mass is 262 g/mol. The third kappa shape index (κ3) is 4.17. The lowest BCUT2D eigenvalue weighted by atomic mass is 10.4. The Morgan fingerprint density at radius 1 is 1.47 bits per heavy atom. The molecular formula is C9H14N2O5S. The summed E-state index contributed by atoms with van der Waals surface area (Å²) in [4.78, 5) is 13.8. The topological polar surface area (TPSA) is 111 Å². The molecule has 7 nitrogen and oxygen atoms in total. The smallest absolute Gasteiger partial charge is 0.354 e. The van der Waals surface area contributed by atoms with Crippen LogP contribution < -0.4 is 5.14 Å². The predicted octanol–water partition coefficient (Wildman–Crippen LogP) is -0.145. The van der Waals surface area contributed by atoms with E-state index in [1.807, 2.05) is 0 Å². The summed E-state index contributed by atoms with van der Waals surface area (Å²) in [5.41, 5.74) is 0.0476. The molecule has 0 spiro atoms. The molecular weight excluding hydrogens is 248 g/mol. The van der Waals surface area contributed by atoms with Crippen molar-refractivity contribution in [1.82, 2.24) is 4.98 Å². The van der Waals surface area contributed by atoms with Crippen LogP contribution >= 0.6 is 0 Å². The van der Waals surface area contributed by atoms with Crippen molar-refractivity contribution in [2.45, 2.75) is 11.3 Å². The minimum absolute atomic E-state index is 0.0476. The van der Waals surface area contributed by atoms with Gasteiger partial charge in [-0.2, -0.15) is 0 Å². The molecule has 0 aliphatic carbocycles. The fourth-order valence-electron chi connectivity index (χ4n) is 1.10. The average molecular weight is 262 g/mol. The van der Waals surface area contributed by atoms with Gasteiger partial charge >= 0.3 is 5.97 Å². The van der Waals surface area contributed by atoms with Gasteiger partial charge in [0.1, 0.15) is 10.6 Å². The molecule has 8 heteroatoms. The number of nitrogens with one attached hydrogen (secondary N) is 1. The zero-order chi connectivity index (χ0) is 12.9. The number of methoxy groups -OCH3 is 1. The Hall–Kier alpha value is -1.38. The van der Waals surface area contributed by atoms with Gasteiger partial charge in [0.2, 0.25) is 10.0 Å². The Bertz CT molecular complexity index is 479. The van der Waals surface area contributed by atoms with Crippen LogP contribution in [0.1, 0.15) is 16.9 Å². The summed E-state index contributed by atoms with van der Waals surface area (Å²) in [5, 5.41) is 4.89. The fraction of sp³-hybridized carbons (Fsp3) is 0.444. The van der Waals surface area contributed by atoms with E-state index in [9.17, 15) is 13.2 Å². The fourth-order valence-corrected chi connectivity index (χ4v) is 1.61. The van der Waals surface area contributed by atoms with Crippen molar-refractivity contribution in [3.63, 3.8) is 0 Å². The summed E-state index contributed by atoms with van der Waals surface area (Å²) in [6.45, 7) is 0.691. The van der Waals surface area contributed by atoms with Gasteiger partial charge in [0.25, 0.3) is 0 Å². The summed E-state index contributed by atoms with van der Waals surface area (Å²) >= 11 is 0. The van der Waals surface area contributed by atoms with Crippen LogP contribution in [0.3, 0.4) is 0 Å². The van der Waals surface area contributed by atoms with Crippen molar-refractivity contribution >= 4 is 16.0 Å². The number of carbonyl (C=O) groups excluding carboxylic acids is 1. The maximum Gasteiger partial charge on any atom is 0.354 e. The molecule has 0 amide bonds. The van der Waals surface area contributed by atoms with Gasteiger partial charge in [-0.3, -0.25) is 0 Å². The van der Waals surface area contributed by atoms with Gasteiger partial charge in [0.15, 0.2) is 0 Å². The first-order valence-corrected chi connectivity index (χ1v) is 6.37. The first-order chi connectivity index (χ1) is 7.95. The van der Waals surface area contributed by atoms with Gasteiger partial charge in [-0.25, -0.2) is 18.4 Å². The van der Waals surface area contributed by atoms with Crippen molar-refractivity contribution in [2.24, 2.45) is 5.14 Å². The van der Waals surface area contributed by atoms with Crippen LogP contribution in [0, 0.1) is 0 Å². The molecule has 0 aliphatic rings. The van der Waals surface area contributed by atoms with Crippen LogP contribution in [0.5, 0.6) is 0 Å². The predicted molar refractivity (Wildman–Crippen MR) is 58.9 cm³/mol. The summed E-state index contributed by atoms with van der Waals surface area (Å²) < 4.78 is 31.6. The molecule has 0 saturated heterocycles. The zero-order valence-electron chi connectivity index (χ0n) is 9.30. The maximum absolute atomic E-state index is 11.4. The highest BCUT2D eigenvalue weighted by molar-refractivity contribution is 7.89. The average Bonchev–Trinajstić information content (AvgIpc) is 2.72. The van der Waals surface area contributed by atoms with E-state index in [1.165, 1.54) is 0 Å². The Balaban J connectivity index is 2.56. The summed E-state index contributed by atoms with van der Waals surface area (Å²) in [6.07, 6.45) is 1.71. The second kappa shape index (κ2) is 5.80. The first kappa shape index (κ1) is 13.7. The number of aromatic nitrogens is 1. The van der Waals surface area contributed by atoms with E-state index in [0.29, 0.717) is 13.0 Å². The maximum atomic E-state index is 11.4. The Kier molecular flexibility index (Phi) is 4.67. The van der Waals surface area contributed by atoms with E-state index in [1.54, 1.807) is 7.11 Å². The lowest BCUT2D eigenvalue weighted by Gasteiger charge is -2.02. The van der Waals surface area contributed by atoms with Gasteiger partial charge in [0, 0.05) is 26.3 Å². The lowest BCUT2D eigenvalue weighted by Crippen LogP contribution is -2.11. The normalized spacial score (nSPS) is 11.4. The standard InChI is InChI=1S/C9H14N2O5S/c1-15-3-2-4-16-9(12)8-5-7(6-11-8)17(10,13)14/h5-6,11H,2-4H2,1H3,(H2,10,13,14). The van der Waals surface area contributed by atoms with E-state index in [2.05, 4.69) is 4.98 Å². The Morgan fingerprint density at radius 2 is 2.18 bits per heavy atom. The molecule has 96 valence electrons. The third-order valence-electron chi connectivity index (χ3n) is 1.93. The second-order valence-electron chi connectivity index (χ2n) is 3.28. The number of nitrogens with two attached hydrogens (primary N) is 1. The van der Waals surface area contributed by atoms with Gasteiger partial charge in [-0.1, -0.05) is 0 Å². The van der Waals surface area contributed by atoms with Gasteiger partial charge in [-0.05, 0) is 6.07 Å². The number of H-pyrrole nitrogens is 1. The van der Waals surface area contributed by atoms with Gasteiger partial charge < -0.3 is 14.5 Å². The molecule has 0 unspecified atom stereocenters. The molecule has 0 saturated carbocycles. The van der Waals surface area contributed by atoms with Crippen LogP contribution in [0.2, 0.25) is 0 Å². The molecule has 0 aliphatic heterocycles. The first-order valence-electron chi connectivity index (χ1n) is 4.82. The van der Waals surface area contributed by atoms with Crippen LogP contribution in [-0.2, 0) is 19.5 Å². The quantitative estimate of drug-likeness (QED) is 0.547. The molecule has 0 aromatic carbocycles. The van der Waals surface area contributed by atoms with Crippen molar-refractivity contribution < 1.29 is 22.7 Å². The van der Waals surface area contributed by atoms with E-state index < -0.39 is 16.0 Å². The number of rotatable bonds is 6. The van der Waals surface area contributed by atoms with E-state index in [0.717, 1.165) is 12.3 Å². The number of carbonyl (C=O) groups is 1.